The fourth-order valence-electron chi connectivity index (χ4n) is 4.07. The maximum atomic E-state index is 13.2. The van der Waals surface area contributed by atoms with Crippen molar-refractivity contribution >= 4 is 17.4 Å². The molecule has 8 nitrogen and oxygen atoms in total. The first-order valence-electron chi connectivity index (χ1n) is 11.0. The van der Waals surface area contributed by atoms with E-state index in [4.69, 9.17) is 4.74 Å². The number of morpholine rings is 1. The van der Waals surface area contributed by atoms with E-state index in [-0.39, 0.29) is 17.8 Å². The van der Waals surface area contributed by atoms with Crippen LogP contribution in [0, 0.1) is 5.82 Å². The molecule has 5 rings (SSSR count). The Kier molecular flexibility index (Phi) is 6.25. The molecular formula is C24H25FN6O2. The number of benzene rings is 2. The van der Waals surface area contributed by atoms with Crippen molar-refractivity contribution < 1.29 is 13.9 Å². The van der Waals surface area contributed by atoms with Gasteiger partial charge < -0.3 is 15.0 Å². The van der Waals surface area contributed by atoms with Crippen LogP contribution < -0.4 is 21.1 Å². The van der Waals surface area contributed by atoms with E-state index in [0.29, 0.717) is 25.3 Å². The van der Waals surface area contributed by atoms with Crippen molar-refractivity contribution in [2.45, 2.75) is 18.5 Å². The van der Waals surface area contributed by atoms with Crippen molar-refractivity contribution in [3.63, 3.8) is 0 Å². The summed E-state index contributed by atoms with van der Waals surface area (Å²) < 4.78 is 18.5. The number of anilines is 2. The van der Waals surface area contributed by atoms with Crippen LogP contribution in [0.4, 0.5) is 15.9 Å². The van der Waals surface area contributed by atoms with Crippen LogP contribution in [0.2, 0.25) is 0 Å². The molecular weight excluding hydrogens is 423 g/mol. The Hall–Kier alpha value is -3.40. The first-order chi connectivity index (χ1) is 16.2. The van der Waals surface area contributed by atoms with Crippen LogP contribution in [0.3, 0.4) is 0 Å². The van der Waals surface area contributed by atoms with Crippen LogP contribution in [0.25, 0.3) is 11.3 Å². The number of amides is 1. The maximum absolute atomic E-state index is 13.2. The summed E-state index contributed by atoms with van der Waals surface area (Å²) in [5.74, 6) is 0.416. The minimum absolute atomic E-state index is 0.0621. The molecule has 2 aliphatic heterocycles. The quantitative estimate of drug-likeness (QED) is 0.553. The summed E-state index contributed by atoms with van der Waals surface area (Å²) in [6, 6.07) is 17.3. The van der Waals surface area contributed by atoms with E-state index >= 15 is 0 Å². The molecule has 2 fully saturated rings. The first kappa shape index (κ1) is 21.4. The molecule has 9 heteroatoms. The molecule has 0 radical (unpaired) electrons. The van der Waals surface area contributed by atoms with Gasteiger partial charge in [-0.2, -0.15) is 0 Å². The number of rotatable bonds is 5. The highest BCUT2D eigenvalue weighted by molar-refractivity contribution is 5.95. The average molecular weight is 449 g/mol. The number of nitrogens with zero attached hydrogens (tertiary/aromatic N) is 3. The Bertz CT molecular complexity index is 1100. The molecule has 0 bridgehead atoms. The van der Waals surface area contributed by atoms with Gasteiger partial charge in [-0.3, -0.25) is 4.79 Å². The second-order valence-electron chi connectivity index (χ2n) is 8.13. The van der Waals surface area contributed by atoms with Crippen LogP contribution in [0.5, 0.6) is 0 Å². The zero-order valence-corrected chi connectivity index (χ0v) is 18.0. The zero-order valence-electron chi connectivity index (χ0n) is 18.0. The Balaban J connectivity index is 1.22. The van der Waals surface area contributed by atoms with Gasteiger partial charge in [0.25, 0.3) is 0 Å². The molecule has 33 heavy (non-hydrogen) atoms. The number of nitrogens with one attached hydrogen (secondary N) is 3. The Labute approximate surface area is 191 Å². The summed E-state index contributed by atoms with van der Waals surface area (Å²) in [7, 11) is 0. The Morgan fingerprint density at radius 3 is 2.61 bits per heavy atom. The lowest BCUT2D eigenvalue weighted by Gasteiger charge is -2.27. The molecule has 1 aromatic heterocycles. The van der Waals surface area contributed by atoms with Gasteiger partial charge in [0.15, 0.2) is 5.82 Å². The Morgan fingerprint density at radius 2 is 1.85 bits per heavy atom. The average Bonchev–Trinajstić information content (AvgIpc) is 3.36. The fraction of sp³-hybridized carbons (Fsp3) is 0.292. The number of hydrazine groups is 1. The molecule has 0 aliphatic carbocycles. The van der Waals surface area contributed by atoms with Crippen molar-refractivity contribution in [2.75, 3.05) is 36.5 Å². The lowest BCUT2D eigenvalue weighted by molar-refractivity contribution is -0.117. The highest BCUT2D eigenvalue weighted by atomic mass is 19.1. The van der Waals surface area contributed by atoms with Crippen LogP contribution in [0.1, 0.15) is 18.0 Å². The highest BCUT2D eigenvalue weighted by Crippen LogP contribution is 2.25. The van der Waals surface area contributed by atoms with Gasteiger partial charge in [0, 0.05) is 30.4 Å². The molecule has 3 heterocycles. The normalized spacial score (nSPS) is 20.6. The second-order valence-corrected chi connectivity index (χ2v) is 8.13. The number of ether oxygens (including phenoxy) is 1. The standard InChI is InChI=1S/C24H25FN6O2/c25-18-6-4-16(5-7-18)21-15-22(29-28-21)24(32)26-19-3-1-2-17(14-19)20-8-9-23(30-27-20)31-10-12-33-13-11-31/h1-9,14,21-22,28-29H,10-13,15H2,(H,26,32). The summed E-state index contributed by atoms with van der Waals surface area (Å²) in [5.41, 5.74) is 9.37. The van der Waals surface area contributed by atoms with Crippen LogP contribution in [0.15, 0.2) is 60.7 Å². The molecule has 2 unspecified atom stereocenters. The van der Waals surface area contributed by atoms with E-state index < -0.39 is 6.04 Å². The maximum Gasteiger partial charge on any atom is 0.242 e. The summed E-state index contributed by atoms with van der Waals surface area (Å²) >= 11 is 0. The molecule has 2 atom stereocenters. The smallest absolute Gasteiger partial charge is 0.242 e. The monoisotopic (exact) mass is 448 g/mol. The SMILES string of the molecule is O=C(Nc1cccc(-c2ccc(N3CCOCC3)nn2)c1)C1CC(c2ccc(F)cc2)NN1. The van der Waals surface area contributed by atoms with Gasteiger partial charge in [0.05, 0.1) is 18.9 Å². The summed E-state index contributed by atoms with van der Waals surface area (Å²) in [6.07, 6.45) is 0.561. The summed E-state index contributed by atoms with van der Waals surface area (Å²) in [6.45, 7) is 3.01. The van der Waals surface area contributed by atoms with Crippen molar-refractivity contribution in [3.05, 3.63) is 72.0 Å². The highest BCUT2D eigenvalue weighted by Gasteiger charge is 2.30. The van der Waals surface area contributed by atoms with Gasteiger partial charge >= 0.3 is 0 Å². The second kappa shape index (κ2) is 9.62. The van der Waals surface area contributed by atoms with Crippen LogP contribution >= 0.6 is 0 Å². The molecule has 2 aliphatic rings. The predicted molar refractivity (Wildman–Crippen MR) is 123 cm³/mol. The number of aromatic nitrogens is 2. The van der Waals surface area contributed by atoms with Crippen molar-refractivity contribution in [2.24, 2.45) is 0 Å². The minimum atomic E-state index is -0.406. The summed E-state index contributed by atoms with van der Waals surface area (Å²) in [4.78, 5) is 14.9. The third kappa shape index (κ3) is 5.00. The van der Waals surface area contributed by atoms with Crippen molar-refractivity contribution in [1.82, 2.24) is 21.0 Å². The third-order valence-electron chi connectivity index (χ3n) is 5.90. The van der Waals surface area contributed by atoms with Gasteiger partial charge in [-0.15, -0.1) is 10.2 Å². The lowest BCUT2D eigenvalue weighted by atomic mass is 10.0. The number of hydrogen-bond donors (Lipinski definition) is 3. The molecule has 3 N–H and O–H groups in total. The predicted octanol–water partition coefficient (Wildman–Crippen LogP) is 2.67. The zero-order chi connectivity index (χ0) is 22.6. The van der Waals surface area contributed by atoms with E-state index in [1.54, 1.807) is 12.1 Å². The molecule has 0 saturated carbocycles. The largest absolute Gasteiger partial charge is 0.378 e. The van der Waals surface area contributed by atoms with E-state index in [0.717, 1.165) is 35.7 Å². The van der Waals surface area contributed by atoms with Gasteiger partial charge in [-0.05, 0) is 48.4 Å². The van der Waals surface area contributed by atoms with Gasteiger partial charge in [-0.1, -0.05) is 24.3 Å². The van der Waals surface area contributed by atoms with Gasteiger partial charge in [0.1, 0.15) is 11.9 Å². The van der Waals surface area contributed by atoms with E-state index in [1.165, 1.54) is 12.1 Å². The lowest BCUT2D eigenvalue weighted by Crippen LogP contribution is -2.39. The van der Waals surface area contributed by atoms with Gasteiger partial charge in [-0.25, -0.2) is 15.2 Å². The summed E-state index contributed by atoms with van der Waals surface area (Å²) in [5, 5.41) is 11.7. The number of hydrogen-bond acceptors (Lipinski definition) is 7. The minimum Gasteiger partial charge on any atom is -0.378 e. The van der Waals surface area contributed by atoms with E-state index in [9.17, 15) is 9.18 Å². The molecule has 170 valence electrons. The molecule has 2 aromatic carbocycles. The van der Waals surface area contributed by atoms with Crippen molar-refractivity contribution in [1.29, 1.82) is 0 Å². The van der Waals surface area contributed by atoms with Crippen molar-refractivity contribution in [3.8, 4) is 11.3 Å². The molecule has 3 aromatic rings. The first-order valence-corrected chi connectivity index (χ1v) is 11.0. The molecule has 0 spiro atoms. The molecule has 2 saturated heterocycles. The van der Waals surface area contributed by atoms with E-state index in [1.807, 2.05) is 36.4 Å². The fourth-order valence-corrected chi connectivity index (χ4v) is 4.07. The Morgan fingerprint density at radius 1 is 1.03 bits per heavy atom. The molecule has 1 amide bonds. The topological polar surface area (TPSA) is 91.4 Å². The van der Waals surface area contributed by atoms with Crippen LogP contribution in [-0.2, 0) is 9.53 Å². The number of carbonyl (C=O) groups excluding carboxylic acids is 1. The van der Waals surface area contributed by atoms with Crippen LogP contribution in [-0.4, -0.2) is 48.4 Å². The number of carbonyl (C=O) groups is 1. The number of halogens is 1. The van der Waals surface area contributed by atoms with Gasteiger partial charge in [0.2, 0.25) is 5.91 Å². The third-order valence-corrected chi connectivity index (χ3v) is 5.90. The van der Waals surface area contributed by atoms with E-state index in [2.05, 4.69) is 31.3 Å².